The number of hydrogen-bond acceptors (Lipinski definition) is 3. The van der Waals surface area contributed by atoms with Crippen LogP contribution in [0.3, 0.4) is 0 Å². The summed E-state index contributed by atoms with van der Waals surface area (Å²) >= 11 is 0. The van der Waals surface area contributed by atoms with Crippen LogP contribution in [0.1, 0.15) is 31.0 Å². The number of nitrogens with zero attached hydrogens (tertiary/aromatic N) is 1. The number of nitrogen functional groups attached to an aromatic ring is 1. The van der Waals surface area contributed by atoms with E-state index in [-0.39, 0.29) is 11.7 Å². The summed E-state index contributed by atoms with van der Waals surface area (Å²) in [5, 5.41) is 0. The van der Waals surface area contributed by atoms with Gasteiger partial charge in [0.25, 0.3) is 0 Å². The Bertz CT molecular complexity index is 639. The van der Waals surface area contributed by atoms with Crippen molar-refractivity contribution in [3.05, 3.63) is 41.3 Å². The number of pyridine rings is 1. The molecule has 0 atom stereocenters. The normalized spacial score (nSPS) is 10.9. The Morgan fingerprint density at radius 2 is 1.95 bits per heavy atom. The average molecular weight is 274 g/mol. The fourth-order valence-electron chi connectivity index (χ4n) is 2.16. The number of nitrogens with two attached hydrogens (primary N) is 1. The zero-order valence-electron chi connectivity index (χ0n) is 12.2. The summed E-state index contributed by atoms with van der Waals surface area (Å²) in [4.78, 5) is 4.48. The predicted octanol–water partition coefficient (Wildman–Crippen LogP) is 3.91. The van der Waals surface area contributed by atoms with Crippen molar-refractivity contribution in [3.8, 4) is 17.0 Å². The largest absolute Gasteiger partial charge is 0.481 e. The Hall–Kier alpha value is -2.10. The zero-order valence-corrected chi connectivity index (χ0v) is 12.2. The summed E-state index contributed by atoms with van der Waals surface area (Å²) in [7, 11) is 1.57. The Labute approximate surface area is 118 Å². The van der Waals surface area contributed by atoms with Crippen LogP contribution in [0.15, 0.2) is 24.3 Å². The fraction of sp³-hybridized carbons (Fsp3) is 0.312. The minimum absolute atomic E-state index is 0.216. The Morgan fingerprint density at radius 3 is 2.50 bits per heavy atom. The van der Waals surface area contributed by atoms with E-state index in [1.165, 1.54) is 6.07 Å². The van der Waals surface area contributed by atoms with Crippen molar-refractivity contribution < 1.29 is 9.13 Å². The van der Waals surface area contributed by atoms with Crippen molar-refractivity contribution in [3.63, 3.8) is 0 Å². The van der Waals surface area contributed by atoms with Crippen LogP contribution in [-0.2, 0) is 0 Å². The maximum absolute atomic E-state index is 13.4. The SMILES string of the molecule is COc1nc(C(C)C)c(N)cc1-c1ccc(F)c(C)c1. The van der Waals surface area contributed by atoms with Crippen molar-refractivity contribution in [1.29, 1.82) is 0 Å². The highest BCUT2D eigenvalue weighted by Gasteiger charge is 2.15. The van der Waals surface area contributed by atoms with E-state index in [9.17, 15) is 4.39 Å². The van der Waals surface area contributed by atoms with Gasteiger partial charge in [0.05, 0.1) is 18.5 Å². The first-order chi connectivity index (χ1) is 9.43. The molecule has 4 heteroatoms. The van der Waals surface area contributed by atoms with Gasteiger partial charge in [-0.15, -0.1) is 0 Å². The first-order valence-electron chi connectivity index (χ1n) is 6.55. The molecule has 0 spiro atoms. The lowest BCUT2D eigenvalue weighted by Crippen LogP contribution is -2.03. The summed E-state index contributed by atoms with van der Waals surface area (Å²) in [5.41, 5.74) is 9.69. The Kier molecular flexibility index (Phi) is 3.93. The number of methoxy groups -OCH3 is 1. The molecule has 0 saturated carbocycles. The molecule has 0 saturated heterocycles. The number of hydrogen-bond donors (Lipinski definition) is 1. The van der Waals surface area contributed by atoms with E-state index in [0.717, 1.165) is 16.8 Å². The van der Waals surface area contributed by atoms with E-state index in [2.05, 4.69) is 4.98 Å². The van der Waals surface area contributed by atoms with Gasteiger partial charge in [0, 0.05) is 5.56 Å². The first kappa shape index (κ1) is 14.3. The average Bonchev–Trinajstić information content (AvgIpc) is 2.41. The summed E-state index contributed by atoms with van der Waals surface area (Å²) in [6.07, 6.45) is 0. The lowest BCUT2D eigenvalue weighted by atomic mass is 10.0. The highest BCUT2D eigenvalue weighted by Crippen LogP contribution is 2.34. The van der Waals surface area contributed by atoms with Crippen LogP contribution in [0.5, 0.6) is 5.88 Å². The van der Waals surface area contributed by atoms with Gasteiger partial charge >= 0.3 is 0 Å². The molecule has 2 aromatic rings. The smallest absolute Gasteiger partial charge is 0.221 e. The second-order valence-corrected chi connectivity index (χ2v) is 5.14. The number of ether oxygens (including phenoxy) is 1. The molecule has 0 radical (unpaired) electrons. The molecule has 106 valence electrons. The monoisotopic (exact) mass is 274 g/mol. The molecule has 0 fully saturated rings. The van der Waals surface area contributed by atoms with Gasteiger partial charge in [-0.05, 0) is 42.2 Å². The molecule has 0 bridgehead atoms. The van der Waals surface area contributed by atoms with Crippen LogP contribution in [0.4, 0.5) is 10.1 Å². The molecule has 3 nitrogen and oxygen atoms in total. The van der Waals surface area contributed by atoms with Crippen LogP contribution in [0.2, 0.25) is 0 Å². The summed E-state index contributed by atoms with van der Waals surface area (Å²) in [6, 6.07) is 6.75. The van der Waals surface area contributed by atoms with Crippen molar-refractivity contribution >= 4 is 5.69 Å². The predicted molar refractivity (Wildman–Crippen MR) is 79.4 cm³/mol. The third-order valence-corrected chi connectivity index (χ3v) is 3.26. The van der Waals surface area contributed by atoms with Crippen LogP contribution in [0, 0.1) is 12.7 Å². The minimum atomic E-state index is -0.229. The van der Waals surface area contributed by atoms with Gasteiger partial charge in [-0.1, -0.05) is 19.9 Å². The minimum Gasteiger partial charge on any atom is -0.481 e. The number of aryl methyl sites for hydroxylation is 1. The van der Waals surface area contributed by atoms with Gasteiger partial charge in [0.1, 0.15) is 5.82 Å². The second-order valence-electron chi connectivity index (χ2n) is 5.14. The summed E-state index contributed by atoms with van der Waals surface area (Å²) < 4.78 is 18.7. The van der Waals surface area contributed by atoms with Crippen LogP contribution in [0.25, 0.3) is 11.1 Å². The number of halogens is 1. The molecule has 1 aromatic heterocycles. The molecular weight excluding hydrogens is 255 g/mol. The van der Waals surface area contributed by atoms with E-state index in [0.29, 0.717) is 17.1 Å². The van der Waals surface area contributed by atoms with Gasteiger partial charge in [0.15, 0.2) is 0 Å². The zero-order chi connectivity index (χ0) is 14.9. The lowest BCUT2D eigenvalue weighted by molar-refractivity contribution is 0.397. The van der Waals surface area contributed by atoms with Gasteiger partial charge < -0.3 is 10.5 Å². The van der Waals surface area contributed by atoms with Crippen molar-refractivity contribution in [2.24, 2.45) is 0 Å². The number of benzene rings is 1. The van der Waals surface area contributed by atoms with Gasteiger partial charge in [-0.3, -0.25) is 0 Å². The number of anilines is 1. The Balaban J connectivity index is 2.61. The Morgan fingerprint density at radius 1 is 1.25 bits per heavy atom. The molecular formula is C16H19FN2O. The molecule has 0 aliphatic carbocycles. The van der Waals surface area contributed by atoms with Crippen molar-refractivity contribution in [2.75, 3.05) is 12.8 Å². The molecule has 1 aromatic carbocycles. The molecule has 20 heavy (non-hydrogen) atoms. The third-order valence-electron chi connectivity index (χ3n) is 3.26. The highest BCUT2D eigenvalue weighted by molar-refractivity contribution is 5.73. The summed E-state index contributed by atoms with van der Waals surface area (Å²) in [6.45, 7) is 5.78. The number of aromatic nitrogens is 1. The molecule has 2 N–H and O–H groups in total. The quantitative estimate of drug-likeness (QED) is 0.923. The van der Waals surface area contributed by atoms with E-state index in [4.69, 9.17) is 10.5 Å². The third kappa shape index (κ3) is 2.59. The highest BCUT2D eigenvalue weighted by atomic mass is 19.1. The lowest BCUT2D eigenvalue weighted by Gasteiger charge is -2.14. The molecule has 0 unspecified atom stereocenters. The summed E-state index contributed by atoms with van der Waals surface area (Å²) in [5.74, 6) is 0.495. The molecule has 0 aliphatic heterocycles. The second kappa shape index (κ2) is 5.49. The topological polar surface area (TPSA) is 48.1 Å². The molecule has 0 aliphatic rings. The van der Waals surface area contributed by atoms with E-state index >= 15 is 0 Å². The van der Waals surface area contributed by atoms with Crippen LogP contribution >= 0.6 is 0 Å². The van der Waals surface area contributed by atoms with Crippen LogP contribution in [-0.4, -0.2) is 12.1 Å². The first-order valence-corrected chi connectivity index (χ1v) is 6.55. The van der Waals surface area contributed by atoms with Gasteiger partial charge in [0.2, 0.25) is 5.88 Å². The van der Waals surface area contributed by atoms with Gasteiger partial charge in [-0.25, -0.2) is 9.37 Å². The fourth-order valence-corrected chi connectivity index (χ4v) is 2.16. The molecule has 0 amide bonds. The molecule has 1 heterocycles. The maximum Gasteiger partial charge on any atom is 0.221 e. The maximum atomic E-state index is 13.4. The standard InChI is InChI=1S/C16H19FN2O/c1-9(2)15-14(18)8-12(16(19-15)20-4)11-5-6-13(17)10(3)7-11/h5-9H,18H2,1-4H3. The van der Waals surface area contributed by atoms with E-state index < -0.39 is 0 Å². The van der Waals surface area contributed by atoms with Gasteiger partial charge in [-0.2, -0.15) is 0 Å². The van der Waals surface area contributed by atoms with Crippen molar-refractivity contribution in [2.45, 2.75) is 26.7 Å². The van der Waals surface area contributed by atoms with Crippen LogP contribution < -0.4 is 10.5 Å². The molecule has 2 rings (SSSR count). The van der Waals surface area contributed by atoms with E-state index in [1.54, 1.807) is 26.2 Å². The van der Waals surface area contributed by atoms with Crippen molar-refractivity contribution in [1.82, 2.24) is 4.98 Å². The van der Waals surface area contributed by atoms with E-state index in [1.807, 2.05) is 19.9 Å². The number of rotatable bonds is 3.